The lowest BCUT2D eigenvalue weighted by molar-refractivity contribution is -0.131. The fourth-order valence-electron chi connectivity index (χ4n) is 3.32. The van der Waals surface area contributed by atoms with E-state index < -0.39 is 0 Å². The minimum Gasteiger partial charge on any atom is -0.341 e. The van der Waals surface area contributed by atoms with Crippen molar-refractivity contribution in [3.05, 3.63) is 47.6 Å². The molecule has 2 aromatic rings. The van der Waals surface area contributed by atoms with Crippen LogP contribution in [-0.2, 0) is 4.79 Å². The van der Waals surface area contributed by atoms with Crippen LogP contribution in [0.3, 0.4) is 0 Å². The van der Waals surface area contributed by atoms with Gasteiger partial charge in [0.25, 0.3) is 0 Å². The topological polar surface area (TPSA) is 59.2 Å². The SMILES string of the molecule is Cc1noc([C@@H]2CN(C(=O)C3CC3)C[C@@H]2c2ccccc2)n1. The molecule has 0 radical (unpaired) electrons. The van der Waals surface area contributed by atoms with E-state index in [1.54, 1.807) is 0 Å². The van der Waals surface area contributed by atoms with Gasteiger partial charge >= 0.3 is 0 Å². The molecule has 1 aliphatic heterocycles. The second kappa shape index (κ2) is 5.23. The molecule has 1 amide bonds. The van der Waals surface area contributed by atoms with Gasteiger partial charge in [-0.3, -0.25) is 4.79 Å². The van der Waals surface area contributed by atoms with Gasteiger partial charge in [0.15, 0.2) is 5.82 Å². The van der Waals surface area contributed by atoms with Crippen molar-refractivity contribution in [2.75, 3.05) is 13.1 Å². The Morgan fingerprint density at radius 3 is 2.55 bits per heavy atom. The molecule has 2 atom stereocenters. The Labute approximate surface area is 129 Å². The van der Waals surface area contributed by atoms with Gasteiger partial charge in [-0.1, -0.05) is 35.5 Å². The van der Waals surface area contributed by atoms with Crippen molar-refractivity contribution in [3.63, 3.8) is 0 Å². The molecule has 0 N–H and O–H groups in total. The molecule has 4 rings (SSSR count). The average molecular weight is 297 g/mol. The minimum atomic E-state index is 0.0892. The second-order valence-corrected chi connectivity index (χ2v) is 6.32. The van der Waals surface area contributed by atoms with E-state index in [4.69, 9.17) is 4.52 Å². The molecule has 1 aliphatic carbocycles. The molecule has 2 heterocycles. The molecule has 1 saturated heterocycles. The fourth-order valence-corrected chi connectivity index (χ4v) is 3.32. The normalized spacial score (nSPS) is 24.7. The van der Waals surface area contributed by atoms with Gasteiger partial charge < -0.3 is 9.42 Å². The summed E-state index contributed by atoms with van der Waals surface area (Å²) < 4.78 is 5.41. The first-order valence-electron chi connectivity index (χ1n) is 7.86. The third kappa shape index (κ3) is 2.40. The van der Waals surface area contributed by atoms with Crippen LogP contribution in [-0.4, -0.2) is 34.0 Å². The first-order chi connectivity index (χ1) is 10.7. The van der Waals surface area contributed by atoms with Crippen molar-refractivity contribution in [1.29, 1.82) is 0 Å². The van der Waals surface area contributed by atoms with Crippen molar-refractivity contribution in [3.8, 4) is 0 Å². The summed E-state index contributed by atoms with van der Waals surface area (Å²) in [6, 6.07) is 10.3. The molecule has 2 aliphatic rings. The van der Waals surface area contributed by atoms with Gasteiger partial charge in [-0.15, -0.1) is 0 Å². The molecular weight excluding hydrogens is 278 g/mol. The third-order valence-corrected chi connectivity index (χ3v) is 4.65. The van der Waals surface area contributed by atoms with E-state index in [0.29, 0.717) is 24.2 Å². The van der Waals surface area contributed by atoms with Crippen molar-refractivity contribution < 1.29 is 9.32 Å². The summed E-state index contributed by atoms with van der Waals surface area (Å²) in [5, 5.41) is 3.92. The Balaban J connectivity index is 1.64. The van der Waals surface area contributed by atoms with Crippen molar-refractivity contribution in [2.45, 2.75) is 31.6 Å². The summed E-state index contributed by atoms with van der Waals surface area (Å²) in [5.74, 6) is 2.15. The molecular formula is C17H19N3O2. The molecule has 5 heteroatoms. The van der Waals surface area contributed by atoms with Crippen LogP contribution in [0.15, 0.2) is 34.9 Å². The molecule has 1 aromatic heterocycles. The summed E-state index contributed by atoms with van der Waals surface area (Å²) in [6.45, 7) is 3.24. The number of amides is 1. The van der Waals surface area contributed by atoms with E-state index >= 15 is 0 Å². The Morgan fingerprint density at radius 1 is 1.18 bits per heavy atom. The van der Waals surface area contributed by atoms with E-state index in [1.807, 2.05) is 30.0 Å². The van der Waals surface area contributed by atoms with Crippen LogP contribution in [0.2, 0.25) is 0 Å². The lowest BCUT2D eigenvalue weighted by Crippen LogP contribution is -2.30. The molecule has 114 valence electrons. The van der Waals surface area contributed by atoms with Gasteiger partial charge in [0.2, 0.25) is 11.8 Å². The van der Waals surface area contributed by atoms with Gasteiger partial charge in [-0.25, -0.2) is 0 Å². The first-order valence-corrected chi connectivity index (χ1v) is 7.86. The van der Waals surface area contributed by atoms with Crippen LogP contribution in [0.4, 0.5) is 0 Å². The Morgan fingerprint density at radius 2 is 1.91 bits per heavy atom. The number of carbonyl (C=O) groups is 1. The summed E-state index contributed by atoms with van der Waals surface area (Å²) in [7, 11) is 0. The van der Waals surface area contributed by atoms with Crippen LogP contribution < -0.4 is 0 Å². The number of benzene rings is 1. The molecule has 0 unspecified atom stereocenters. The van der Waals surface area contributed by atoms with Crippen LogP contribution in [0.1, 0.15) is 42.0 Å². The van der Waals surface area contributed by atoms with Gasteiger partial charge in [-0.2, -0.15) is 4.98 Å². The third-order valence-electron chi connectivity index (χ3n) is 4.65. The molecule has 1 aromatic carbocycles. The number of aromatic nitrogens is 2. The predicted octanol–water partition coefficient (Wildman–Crippen LogP) is 2.50. The highest BCUT2D eigenvalue weighted by Crippen LogP contribution is 2.41. The zero-order valence-electron chi connectivity index (χ0n) is 12.6. The Bertz CT molecular complexity index is 678. The molecule has 2 fully saturated rings. The maximum absolute atomic E-state index is 12.4. The summed E-state index contributed by atoms with van der Waals surface area (Å²) in [6.07, 6.45) is 2.07. The predicted molar refractivity (Wildman–Crippen MR) is 80.3 cm³/mol. The molecule has 1 saturated carbocycles. The van der Waals surface area contributed by atoms with Crippen LogP contribution in [0, 0.1) is 12.8 Å². The molecule has 0 bridgehead atoms. The Hall–Kier alpha value is -2.17. The number of aryl methyl sites for hydroxylation is 1. The smallest absolute Gasteiger partial charge is 0.232 e. The minimum absolute atomic E-state index is 0.0892. The lowest BCUT2D eigenvalue weighted by atomic mass is 9.89. The van der Waals surface area contributed by atoms with Crippen LogP contribution >= 0.6 is 0 Å². The summed E-state index contributed by atoms with van der Waals surface area (Å²) >= 11 is 0. The van der Waals surface area contributed by atoms with Gasteiger partial charge in [0.1, 0.15) is 0 Å². The lowest BCUT2D eigenvalue weighted by Gasteiger charge is -2.16. The van der Waals surface area contributed by atoms with Gasteiger partial charge in [-0.05, 0) is 25.3 Å². The fraction of sp³-hybridized carbons (Fsp3) is 0.471. The number of likely N-dealkylation sites (tertiary alicyclic amines) is 1. The number of hydrogen-bond acceptors (Lipinski definition) is 4. The van der Waals surface area contributed by atoms with Crippen LogP contribution in [0.25, 0.3) is 0 Å². The molecule has 22 heavy (non-hydrogen) atoms. The highest BCUT2D eigenvalue weighted by molar-refractivity contribution is 5.81. The first kappa shape index (κ1) is 13.5. The number of nitrogens with zero attached hydrogens (tertiary/aromatic N) is 3. The van der Waals surface area contributed by atoms with Crippen molar-refractivity contribution >= 4 is 5.91 Å². The highest BCUT2D eigenvalue weighted by atomic mass is 16.5. The van der Waals surface area contributed by atoms with Crippen LogP contribution in [0.5, 0.6) is 0 Å². The van der Waals surface area contributed by atoms with Gasteiger partial charge in [0.05, 0.1) is 5.92 Å². The average Bonchev–Trinajstić information content (AvgIpc) is 3.15. The number of hydrogen-bond donors (Lipinski definition) is 0. The monoisotopic (exact) mass is 297 g/mol. The quantitative estimate of drug-likeness (QED) is 0.873. The van der Waals surface area contributed by atoms with E-state index in [2.05, 4.69) is 22.3 Å². The zero-order chi connectivity index (χ0) is 15.1. The standard InChI is InChI=1S/C17H19N3O2/c1-11-18-16(22-19-11)15-10-20(17(21)13-7-8-13)9-14(15)12-5-3-2-4-6-12/h2-6,13-15H,7-10H2,1H3/t14-,15-/m1/s1. The van der Waals surface area contributed by atoms with Crippen molar-refractivity contribution in [1.82, 2.24) is 15.0 Å². The highest BCUT2D eigenvalue weighted by Gasteiger charge is 2.43. The molecule has 0 spiro atoms. The van der Waals surface area contributed by atoms with E-state index in [-0.39, 0.29) is 17.8 Å². The second-order valence-electron chi connectivity index (χ2n) is 6.32. The summed E-state index contributed by atoms with van der Waals surface area (Å²) in [5.41, 5.74) is 1.23. The Kier molecular flexibility index (Phi) is 3.21. The number of rotatable bonds is 3. The van der Waals surface area contributed by atoms with E-state index in [0.717, 1.165) is 19.4 Å². The molecule has 5 nitrogen and oxygen atoms in total. The maximum atomic E-state index is 12.4. The maximum Gasteiger partial charge on any atom is 0.232 e. The summed E-state index contributed by atoms with van der Waals surface area (Å²) in [4.78, 5) is 18.8. The van der Waals surface area contributed by atoms with Gasteiger partial charge in [0, 0.05) is 24.9 Å². The zero-order valence-corrected chi connectivity index (χ0v) is 12.6. The van der Waals surface area contributed by atoms with E-state index in [1.165, 1.54) is 5.56 Å². The van der Waals surface area contributed by atoms with Crippen molar-refractivity contribution in [2.24, 2.45) is 5.92 Å². The van der Waals surface area contributed by atoms with E-state index in [9.17, 15) is 4.79 Å². The largest absolute Gasteiger partial charge is 0.341 e. The number of carbonyl (C=O) groups excluding carboxylic acids is 1.